The van der Waals surface area contributed by atoms with E-state index >= 15 is 0 Å². The summed E-state index contributed by atoms with van der Waals surface area (Å²) in [7, 11) is 1.91. The highest BCUT2D eigenvalue weighted by Crippen LogP contribution is 2.46. The number of aromatic nitrogens is 5. The van der Waals surface area contributed by atoms with Crippen LogP contribution in [0.5, 0.6) is 0 Å². The first kappa shape index (κ1) is 29.8. The Morgan fingerprint density at radius 2 is 1.74 bits per heavy atom. The summed E-state index contributed by atoms with van der Waals surface area (Å²) < 4.78 is 15.6. The Labute approximate surface area is 269 Å². The van der Waals surface area contributed by atoms with E-state index in [1.54, 1.807) is 12.1 Å². The number of hydrogen-bond acceptors (Lipinski definition) is 10. The Bertz CT molecular complexity index is 1950. The van der Waals surface area contributed by atoms with Gasteiger partial charge in [0, 0.05) is 68.5 Å². The number of aryl methyl sites for hydroxylation is 1. The molecule has 2 fully saturated rings. The quantitative estimate of drug-likeness (QED) is 0.258. The van der Waals surface area contributed by atoms with Crippen molar-refractivity contribution in [2.75, 3.05) is 49.6 Å². The lowest BCUT2D eigenvalue weighted by Gasteiger charge is -2.36. The lowest BCUT2D eigenvalue weighted by atomic mass is 10.1. The van der Waals surface area contributed by atoms with E-state index in [0.29, 0.717) is 59.8 Å². The van der Waals surface area contributed by atoms with Gasteiger partial charge in [-0.2, -0.15) is 5.26 Å². The van der Waals surface area contributed by atoms with Crippen LogP contribution in [0.3, 0.4) is 0 Å². The lowest BCUT2D eigenvalue weighted by Crippen LogP contribution is -2.51. The van der Waals surface area contributed by atoms with Crippen molar-refractivity contribution in [1.29, 1.82) is 5.26 Å². The fourth-order valence-corrected chi connectivity index (χ4v) is 6.78. The molecular weight excluding hydrogens is 605 g/mol. The zero-order chi connectivity index (χ0) is 32.0. The summed E-state index contributed by atoms with van der Waals surface area (Å²) in [4.78, 5) is 38.1. The molecule has 1 aliphatic heterocycles. The van der Waals surface area contributed by atoms with Crippen LogP contribution in [0.4, 0.5) is 21.3 Å². The molecule has 0 atom stereocenters. The van der Waals surface area contributed by atoms with Gasteiger partial charge in [-0.15, -0.1) is 0 Å². The number of piperazine rings is 1. The number of rotatable bonds is 8. The third-order valence-corrected chi connectivity index (χ3v) is 9.91. The van der Waals surface area contributed by atoms with Gasteiger partial charge in [-0.3, -0.25) is 9.20 Å². The van der Waals surface area contributed by atoms with Crippen LogP contribution in [-0.4, -0.2) is 80.1 Å². The molecule has 1 aliphatic carbocycles. The van der Waals surface area contributed by atoms with E-state index < -0.39 is 5.41 Å². The van der Waals surface area contributed by atoms with Gasteiger partial charge < -0.3 is 19.8 Å². The maximum atomic E-state index is 13.5. The first-order chi connectivity index (χ1) is 22.3. The van der Waals surface area contributed by atoms with E-state index in [-0.39, 0.29) is 18.3 Å². The second kappa shape index (κ2) is 11.8. The largest absolute Gasteiger partial charge is 0.395 e. The molecule has 11 nitrogen and oxygen atoms in total. The molecule has 0 unspecified atom stereocenters. The number of aliphatic hydroxyl groups is 1. The number of carbonyl (C=O) groups is 1. The van der Waals surface area contributed by atoms with Crippen molar-refractivity contribution < 1.29 is 14.3 Å². The van der Waals surface area contributed by atoms with Crippen molar-refractivity contribution in [1.82, 2.24) is 29.2 Å². The van der Waals surface area contributed by atoms with Gasteiger partial charge in [0.1, 0.15) is 33.9 Å². The fraction of sp³-hybridized carbons (Fsp3) is 0.333. The molecule has 1 N–H and O–H groups in total. The van der Waals surface area contributed by atoms with E-state index in [9.17, 15) is 19.6 Å². The zero-order valence-corrected chi connectivity index (χ0v) is 26.3. The molecule has 5 heterocycles. The number of aliphatic hydroxyl groups excluding tert-OH is 1. The lowest BCUT2D eigenvalue weighted by molar-refractivity contribution is -0.138. The van der Waals surface area contributed by atoms with Crippen LogP contribution in [0.15, 0.2) is 55.0 Å². The summed E-state index contributed by atoms with van der Waals surface area (Å²) in [6, 6.07) is 12.2. The summed E-state index contributed by atoms with van der Waals surface area (Å²) in [6.07, 6.45) is 7.84. The number of thiazole rings is 1. The molecule has 5 aromatic rings. The highest BCUT2D eigenvalue weighted by atomic mass is 32.1. The predicted octanol–water partition coefficient (Wildman–Crippen LogP) is 4.68. The minimum absolute atomic E-state index is 0.0609. The number of imidazole rings is 1. The van der Waals surface area contributed by atoms with Gasteiger partial charge in [0.25, 0.3) is 0 Å². The Balaban J connectivity index is 1.13. The van der Waals surface area contributed by atoms with E-state index in [1.165, 1.54) is 23.5 Å². The topological polar surface area (TPSA) is 127 Å². The number of pyridine rings is 1. The molecule has 0 radical (unpaired) electrons. The Morgan fingerprint density at radius 1 is 1.04 bits per heavy atom. The smallest absolute Gasteiger partial charge is 0.231 e. The highest BCUT2D eigenvalue weighted by molar-refractivity contribution is 7.16. The van der Waals surface area contributed by atoms with Crippen LogP contribution in [0, 0.1) is 22.6 Å². The third-order valence-electron chi connectivity index (χ3n) is 8.87. The summed E-state index contributed by atoms with van der Waals surface area (Å²) in [5.74, 6) is 1.17. The number of nitrogens with zero attached hydrogens (tertiary/aromatic N) is 9. The minimum atomic E-state index is -0.546. The average Bonchev–Trinajstić information content (AvgIpc) is 3.64. The molecule has 0 spiro atoms. The van der Waals surface area contributed by atoms with E-state index in [4.69, 9.17) is 9.97 Å². The van der Waals surface area contributed by atoms with Crippen molar-refractivity contribution in [3.8, 4) is 28.5 Å². The standard InChI is InChI=1S/C33H32FN9O2S/c1-3-25-29(40(2)32-39-28(26(16-35)46-32)21-4-7-24(34)8-5-21)43-19-22(6-9-27(43)38-25)23-17-36-31(37-18-23)42-14-12-41(13-15-42)30(45)33(20-44)10-11-33/h4-9,17-19,44H,3,10-15,20H2,1-2H3. The van der Waals surface area contributed by atoms with Crippen LogP contribution in [-0.2, 0) is 11.2 Å². The average molecular weight is 638 g/mol. The molecule has 1 saturated carbocycles. The Kier molecular flexibility index (Phi) is 7.62. The first-order valence-electron chi connectivity index (χ1n) is 15.2. The number of anilines is 3. The number of carbonyl (C=O) groups excluding carboxylic acids is 1. The predicted molar refractivity (Wildman–Crippen MR) is 173 cm³/mol. The van der Waals surface area contributed by atoms with Gasteiger partial charge in [0.05, 0.1) is 17.7 Å². The van der Waals surface area contributed by atoms with Crippen molar-refractivity contribution in [3.63, 3.8) is 0 Å². The molecule has 7 rings (SSSR count). The normalized spacial score (nSPS) is 15.6. The summed E-state index contributed by atoms with van der Waals surface area (Å²) in [5, 5.41) is 20.1. The van der Waals surface area contributed by atoms with Crippen molar-refractivity contribution >= 4 is 39.8 Å². The minimum Gasteiger partial charge on any atom is -0.395 e. The molecule has 4 aromatic heterocycles. The molecule has 2 aliphatic rings. The number of nitriles is 1. The monoisotopic (exact) mass is 637 g/mol. The Hall–Kier alpha value is -4.93. The van der Waals surface area contributed by atoms with Crippen molar-refractivity contribution in [2.24, 2.45) is 5.41 Å². The van der Waals surface area contributed by atoms with Gasteiger partial charge in [-0.05, 0) is 55.7 Å². The molecule has 0 bridgehead atoms. The van der Waals surface area contributed by atoms with Crippen LogP contribution >= 0.6 is 11.3 Å². The molecule has 1 amide bonds. The highest BCUT2D eigenvalue weighted by Gasteiger charge is 2.51. The number of halogens is 1. The van der Waals surface area contributed by atoms with Crippen LogP contribution in [0.1, 0.15) is 30.3 Å². The number of fused-ring (bicyclic) bond motifs is 1. The first-order valence-corrected chi connectivity index (χ1v) is 16.0. The number of amides is 1. The number of benzene rings is 1. The SMILES string of the molecule is CCc1nc2ccc(-c3cnc(N4CCN(C(=O)C5(CO)CC5)CC4)nc3)cn2c1N(C)c1nc(-c2ccc(F)cc2)c(C#N)s1. The molecule has 1 saturated heterocycles. The zero-order valence-electron chi connectivity index (χ0n) is 25.5. The molecule has 46 heavy (non-hydrogen) atoms. The molecule has 234 valence electrons. The van der Waals surface area contributed by atoms with E-state index in [0.717, 1.165) is 41.1 Å². The van der Waals surface area contributed by atoms with E-state index in [1.807, 2.05) is 58.9 Å². The van der Waals surface area contributed by atoms with Crippen LogP contribution < -0.4 is 9.80 Å². The Morgan fingerprint density at radius 3 is 2.37 bits per heavy atom. The van der Waals surface area contributed by atoms with E-state index in [2.05, 4.69) is 20.9 Å². The molecule has 1 aromatic carbocycles. The van der Waals surface area contributed by atoms with Gasteiger partial charge >= 0.3 is 0 Å². The van der Waals surface area contributed by atoms with Crippen molar-refractivity contribution in [2.45, 2.75) is 26.2 Å². The van der Waals surface area contributed by atoms with Crippen LogP contribution in [0.25, 0.3) is 28.0 Å². The second-order valence-corrected chi connectivity index (χ2v) is 12.7. The molecular formula is C33H32FN9O2S. The maximum absolute atomic E-state index is 13.5. The van der Waals surface area contributed by atoms with Gasteiger partial charge in [-0.1, -0.05) is 18.3 Å². The fourth-order valence-electron chi connectivity index (χ4n) is 5.94. The second-order valence-electron chi connectivity index (χ2n) is 11.7. The summed E-state index contributed by atoms with van der Waals surface area (Å²) >= 11 is 1.28. The maximum Gasteiger partial charge on any atom is 0.231 e. The van der Waals surface area contributed by atoms with Gasteiger partial charge in [-0.25, -0.2) is 24.3 Å². The molecule has 13 heteroatoms. The number of hydrogen-bond donors (Lipinski definition) is 1. The summed E-state index contributed by atoms with van der Waals surface area (Å²) in [6.45, 7) is 4.40. The van der Waals surface area contributed by atoms with Crippen LogP contribution in [0.2, 0.25) is 0 Å². The summed E-state index contributed by atoms with van der Waals surface area (Å²) in [5.41, 5.74) is 4.06. The van der Waals surface area contributed by atoms with Crippen molar-refractivity contribution in [3.05, 3.63) is 71.4 Å². The van der Waals surface area contributed by atoms with Gasteiger partial charge in [0.2, 0.25) is 11.9 Å². The third kappa shape index (κ3) is 5.23. The van der Waals surface area contributed by atoms with Gasteiger partial charge in [0.15, 0.2) is 5.13 Å².